The number of carbonyl (C=O) groups excluding carboxylic acids is 1. The van der Waals surface area contributed by atoms with E-state index in [9.17, 15) is 4.79 Å². The van der Waals surface area contributed by atoms with Crippen molar-refractivity contribution in [1.82, 2.24) is 10.5 Å². The molecule has 0 atom stereocenters. The standard InChI is InChI=1S/C21H21N3O2/c25-21(24-26-15-12-17-6-2-1-3-7-17)19-8-4-5-9-20(19)23-16-18-10-13-22-14-11-18/h1-11,13-14,23H,12,15-16H2,(H,24,25). The Kier molecular flexibility index (Phi) is 6.34. The summed E-state index contributed by atoms with van der Waals surface area (Å²) in [6.07, 6.45) is 4.23. The zero-order valence-corrected chi connectivity index (χ0v) is 14.4. The van der Waals surface area contributed by atoms with Crippen molar-refractivity contribution in [1.29, 1.82) is 0 Å². The Morgan fingerprint density at radius 1 is 0.885 bits per heavy atom. The van der Waals surface area contributed by atoms with Crippen LogP contribution in [0.2, 0.25) is 0 Å². The topological polar surface area (TPSA) is 63.2 Å². The molecular weight excluding hydrogens is 326 g/mol. The van der Waals surface area contributed by atoms with Crippen LogP contribution in [-0.2, 0) is 17.8 Å². The van der Waals surface area contributed by atoms with Gasteiger partial charge in [0.2, 0.25) is 0 Å². The van der Waals surface area contributed by atoms with Gasteiger partial charge >= 0.3 is 0 Å². The van der Waals surface area contributed by atoms with Crippen LogP contribution in [0.4, 0.5) is 5.69 Å². The smallest absolute Gasteiger partial charge is 0.276 e. The first-order valence-corrected chi connectivity index (χ1v) is 8.51. The Bertz CT molecular complexity index is 823. The SMILES string of the molecule is O=C(NOCCc1ccccc1)c1ccccc1NCc1ccncc1. The third kappa shape index (κ3) is 5.16. The predicted octanol–water partition coefficient (Wildman–Crippen LogP) is 3.60. The number of carbonyl (C=O) groups is 1. The Morgan fingerprint density at radius 3 is 2.42 bits per heavy atom. The van der Waals surface area contributed by atoms with Gasteiger partial charge in [0, 0.05) is 24.6 Å². The van der Waals surface area contributed by atoms with E-state index in [-0.39, 0.29) is 5.91 Å². The second kappa shape index (κ2) is 9.34. The number of benzene rings is 2. The number of hydroxylamine groups is 1. The molecule has 132 valence electrons. The Balaban J connectivity index is 1.52. The summed E-state index contributed by atoms with van der Waals surface area (Å²) < 4.78 is 0. The molecule has 0 saturated carbocycles. The lowest BCUT2D eigenvalue weighted by molar-refractivity contribution is 0.0325. The minimum atomic E-state index is -0.268. The lowest BCUT2D eigenvalue weighted by Crippen LogP contribution is -2.25. The number of nitrogens with one attached hydrogen (secondary N) is 2. The first-order valence-electron chi connectivity index (χ1n) is 8.51. The van der Waals surface area contributed by atoms with Crippen molar-refractivity contribution >= 4 is 11.6 Å². The molecule has 2 aromatic carbocycles. The van der Waals surface area contributed by atoms with Gasteiger partial charge in [0.15, 0.2) is 0 Å². The molecule has 2 N–H and O–H groups in total. The highest BCUT2D eigenvalue weighted by molar-refractivity contribution is 5.98. The van der Waals surface area contributed by atoms with Crippen molar-refractivity contribution in [2.75, 3.05) is 11.9 Å². The van der Waals surface area contributed by atoms with Gasteiger partial charge in [-0.15, -0.1) is 0 Å². The average Bonchev–Trinajstić information content (AvgIpc) is 2.71. The van der Waals surface area contributed by atoms with Crippen LogP contribution in [0.1, 0.15) is 21.5 Å². The zero-order chi connectivity index (χ0) is 18.0. The van der Waals surface area contributed by atoms with Gasteiger partial charge in [-0.1, -0.05) is 42.5 Å². The first kappa shape index (κ1) is 17.6. The molecule has 1 heterocycles. The van der Waals surface area contributed by atoms with E-state index in [1.54, 1.807) is 18.5 Å². The minimum Gasteiger partial charge on any atom is -0.380 e. The molecule has 0 fully saturated rings. The van der Waals surface area contributed by atoms with Crippen molar-refractivity contribution in [2.45, 2.75) is 13.0 Å². The molecule has 5 nitrogen and oxygen atoms in total. The van der Waals surface area contributed by atoms with Crippen LogP contribution in [0.3, 0.4) is 0 Å². The van der Waals surface area contributed by atoms with Crippen LogP contribution in [0.25, 0.3) is 0 Å². The monoisotopic (exact) mass is 347 g/mol. The number of para-hydroxylation sites is 1. The second-order valence-corrected chi connectivity index (χ2v) is 5.77. The van der Waals surface area contributed by atoms with Crippen molar-refractivity contribution in [3.05, 3.63) is 95.8 Å². The van der Waals surface area contributed by atoms with Gasteiger partial charge in [0.1, 0.15) is 0 Å². The molecule has 1 amide bonds. The lowest BCUT2D eigenvalue weighted by atomic mass is 10.1. The van der Waals surface area contributed by atoms with Crippen LogP contribution in [0.15, 0.2) is 79.1 Å². The van der Waals surface area contributed by atoms with E-state index in [1.165, 1.54) is 5.56 Å². The highest BCUT2D eigenvalue weighted by atomic mass is 16.6. The zero-order valence-electron chi connectivity index (χ0n) is 14.4. The minimum absolute atomic E-state index is 0.268. The summed E-state index contributed by atoms with van der Waals surface area (Å²) in [5.41, 5.74) is 6.08. The van der Waals surface area contributed by atoms with Crippen molar-refractivity contribution in [2.24, 2.45) is 0 Å². The van der Waals surface area contributed by atoms with Gasteiger partial charge in [-0.3, -0.25) is 14.6 Å². The Hall–Kier alpha value is -3.18. The molecule has 1 aromatic heterocycles. The third-order valence-corrected chi connectivity index (χ3v) is 3.90. The molecule has 3 aromatic rings. The van der Waals surface area contributed by atoms with Gasteiger partial charge in [0.05, 0.1) is 12.2 Å². The van der Waals surface area contributed by atoms with Crippen LogP contribution < -0.4 is 10.8 Å². The number of amides is 1. The summed E-state index contributed by atoms with van der Waals surface area (Å²) in [6, 6.07) is 21.2. The maximum absolute atomic E-state index is 12.4. The largest absolute Gasteiger partial charge is 0.380 e. The normalized spacial score (nSPS) is 10.3. The fraction of sp³-hybridized carbons (Fsp3) is 0.143. The van der Waals surface area contributed by atoms with Crippen LogP contribution >= 0.6 is 0 Å². The molecule has 0 aliphatic rings. The van der Waals surface area contributed by atoms with Crippen LogP contribution in [0, 0.1) is 0 Å². The van der Waals surface area contributed by atoms with E-state index in [0.717, 1.165) is 17.7 Å². The first-order chi connectivity index (χ1) is 12.8. The number of aromatic nitrogens is 1. The number of anilines is 1. The number of pyridine rings is 1. The molecule has 5 heteroatoms. The fourth-order valence-electron chi connectivity index (χ4n) is 2.52. The highest BCUT2D eigenvalue weighted by Gasteiger charge is 2.10. The van der Waals surface area contributed by atoms with E-state index >= 15 is 0 Å². The van der Waals surface area contributed by atoms with E-state index < -0.39 is 0 Å². The Morgan fingerprint density at radius 2 is 1.62 bits per heavy atom. The molecule has 26 heavy (non-hydrogen) atoms. The average molecular weight is 347 g/mol. The summed E-state index contributed by atoms with van der Waals surface area (Å²) >= 11 is 0. The van der Waals surface area contributed by atoms with Crippen molar-refractivity contribution in [3.8, 4) is 0 Å². The predicted molar refractivity (Wildman–Crippen MR) is 102 cm³/mol. The van der Waals surface area contributed by atoms with Gasteiger partial charge in [-0.25, -0.2) is 5.48 Å². The molecule has 0 aliphatic heterocycles. The highest BCUT2D eigenvalue weighted by Crippen LogP contribution is 2.16. The van der Waals surface area contributed by atoms with E-state index in [0.29, 0.717) is 18.7 Å². The molecular formula is C21H21N3O2. The van der Waals surface area contributed by atoms with Crippen LogP contribution in [-0.4, -0.2) is 17.5 Å². The van der Waals surface area contributed by atoms with Crippen molar-refractivity contribution in [3.63, 3.8) is 0 Å². The van der Waals surface area contributed by atoms with Crippen molar-refractivity contribution < 1.29 is 9.63 Å². The van der Waals surface area contributed by atoms with Gasteiger partial charge in [-0.05, 0) is 41.8 Å². The van der Waals surface area contributed by atoms with E-state index in [1.807, 2.05) is 60.7 Å². The quantitative estimate of drug-likeness (QED) is 0.483. The summed E-state index contributed by atoms with van der Waals surface area (Å²) in [5, 5.41) is 3.28. The molecule has 0 radical (unpaired) electrons. The molecule has 0 saturated heterocycles. The second-order valence-electron chi connectivity index (χ2n) is 5.77. The molecule has 0 spiro atoms. The summed E-state index contributed by atoms with van der Waals surface area (Å²) in [5.74, 6) is -0.268. The maximum atomic E-state index is 12.4. The molecule has 0 unspecified atom stereocenters. The summed E-state index contributed by atoms with van der Waals surface area (Å²) in [6.45, 7) is 1.03. The summed E-state index contributed by atoms with van der Waals surface area (Å²) in [4.78, 5) is 21.7. The maximum Gasteiger partial charge on any atom is 0.276 e. The molecule has 3 rings (SSSR count). The van der Waals surface area contributed by atoms with E-state index in [4.69, 9.17) is 4.84 Å². The van der Waals surface area contributed by atoms with E-state index in [2.05, 4.69) is 15.8 Å². The molecule has 0 aliphatic carbocycles. The molecule has 0 bridgehead atoms. The summed E-state index contributed by atoms with van der Waals surface area (Å²) in [7, 11) is 0. The number of hydrogen-bond donors (Lipinski definition) is 2. The number of nitrogens with zero attached hydrogens (tertiary/aromatic N) is 1. The number of rotatable bonds is 8. The third-order valence-electron chi connectivity index (χ3n) is 3.90. The van der Waals surface area contributed by atoms with Gasteiger partial charge < -0.3 is 5.32 Å². The number of hydrogen-bond acceptors (Lipinski definition) is 4. The van der Waals surface area contributed by atoms with Gasteiger partial charge in [0.25, 0.3) is 5.91 Å². The van der Waals surface area contributed by atoms with Crippen LogP contribution in [0.5, 0.6) is 0 Å². The Labute approximate surface area is 153 Å². The fourth-order valence-corrected chi connectivity index (χ4v) is 2.52. The van der Waals surface area contributed by atoms with Gasteiger partial charge in [-0.2, -0.15) is 0 Å². The lowest BCUT2D eigenvalue weighted by Gasteiger charge is -2.12.